The summed E-state index contributed by atoms with van der Waals surface area (Å²) in [6.45, 7) is 2.89. The maximum Gasteiger partial charge on any atom is 0.270 e. The first-order chi connectivity index (χ1) is 9.72. The van der Waals surface area contributed by atoms with Crippen LogP contribution < -0.4 is 10.6 Å². The predicted octanol–water partition coefficient (Wildman–Crippen LogP) is 2.92. The van der Waals surface area contributed by atoms with Gasteiger partial charge in [-0.15, -0.1) is 0 Å². The maximum atomic E-state index is 12.2. The number of anilines is 1. The number of hydrogen-bond donors (Lipinski definition) is 2. The van der Waals surface area contributed by atoms with Crippen LogP contribution in [0, 0.1) is 0 Å². The molecule has 0 saturated heterocycles. The number of nitrogens with one attached hydrogen (secondary N) is 2. The van der Waals surface area contributed by atoms with Crippen molar-refractivity contribution in [2.45, 2.75) is 43.9 Å². The third-order valence-corrected chi connectivity index (χ3v) is 4.77. The predicted molar refractivity (Wildman–Crippen MR) is 85.4 cm³/mol. The zero-order chi connectivity index (χ0) is 14.4. The van der Waals surface area contributed by atoms with E-state index in [1.165, 1.54) is 12.8 Å². The number of nitrogens with zero attached hydrogens (tertiary/aromatic N) is 1. The summed E-state index contributed by atoms with van der Waals surface area (Å²) in [5.74, 6) is -0.0557. The van der Waals surface area contributed by atoms with E-state index in [0.717, 1.165) is 25.1 Å². The van der Waals surface area contributed by atoms with E-state index < -0.39 is 0 Å². The van der Waals surface area contributed by atoms with Gasteiger partial charge in [0.25, 0.3) is 5.91 Å². The van der Waals surface area contributed by atoms with Crippen LogP contribution in [0.3, 0.4) is 0 Å². The van der Waals surface area contributed by atoms with Gasteiger partial charge in [-0.05, 0) is 44.6 Å². The fourth-order valence-electron chi connectivity index (χ4n) is 2.59. The molecule has 2 atom stereocenters. The number of aromatic nitrogens is 1. The summed E-state index contributed by atoms with van der Waals surface area (Å²) < 4.78 is 0. The number of pyridine rings is 1. The Kier molecular flexibility index (Phi) is 5.71. The molecule has 110 valence electrons. The average molecular weight is 293 g/mol. The van der Waals surface area contributed by atoms with Crippen molar-refractivity contribution in [3.8, 4) is 0 Å². The van der Waals surface area contributed by atoms with Crippen molar-refractivity contribution in [3.63, 3.8) is 0 Å². The average Bonchev–Trinajstić information content (AvgIpc) is 2.48. The number of carbonyl (C=O) groups excluding carboxylic acids is 1. The maximum absolute atomic E-state index is 12.2. The fourth-order valence-corrected chi connectivity index (χ4v) is 3.41. The second-order valence-electron chi connectivity index (χ2n) is 5.16. The number of amides is 1. The Morgan fingerprint density at radius 3 is 2.95 bits per heavy atom. The molecule has 1 saturated carbocycles. The van der Waals surface area contributed by atoms with E-state index in [2.05, 4.69) is 21.9 Å². The van der Waals surface area contributed by atoms with Crippen LogP contribution in [0.25, 0.3) is 0 Å². The van der Waals surface area contributed by atoms with E-state index in [1.807, 2.05) is 24.8 Å². The zero-order valence-corrected chi connectivity index (χ0v) is 13.0. The van der Waals surface area contributed by atoms with Crippen molar-refractivity contribution < 1.29 is 4.79 Å². The largest absolute Gasteiger partial charge is 0.384 e. The third kappa shape index (κ3) is 4.13. The molecule has 2 unspecified atom stereocenters. The lowest BCUT2D eigenvalue weighted by Crippen LogP contribution is -2.39. The van der Waals surface area contributed by atoms with Gasteiger partial charge in [0.05, 0.1) is 11.9 Å². The molecule has 1 fully saturated rings. The molecule has 2 N–H and O–H groups in total. The zero-order valence-electron chi connectivity index (χ0n) is 12.2. The van der Waals surface area contributed by atoms with Gasteiger partial charge in [0, 0.05) is 17.8 Å². The lowest BCUT2D eigenvalue weighted by atomic mass is 9.95. The molecule has 1 heterocycles. The van der Waals surface area contributed by atoms with Crippen molar-refractivity contribution in [2.24, 2.45) is 0 Å². The van der Waals surface area contributed by atoms with Gasteiger partial charge in [-0.1, -0.05) is 6.42 Å². The van der Waals surface area contributed by atoms with Crippen molar-refractivity contribution in [3.05, 3.63) is 24.0 Å². The van der Waals surface area contributed by atoms with Crippen LogP contribution in [0.5, 0.6) is 0 Å². The number of carbonyl (C=O) groups is 1. The second kappa shape index (κ2) is 7.53. The summed E-state index contributed by atoms with van der Waals surface area (Å²) in [6, 6.07) is 3.98. The molecule has 0 aromatic carbocycles. The highest BCUT2D eigenvalue weighted by Crippen LogP contribution is 2.27. The first-order valence-corrected chi connectivity index (χ1v) is 8.55. The molecule has 0 aliphatic heterocycles. The minimum absolute atomic E-state index is 0.0557. The topological polar surface area (TPSA) is 54.0 Å². The van der Waals surface area contributed by atoms with Gasteiger partial charge < -0.3 is 10.6 Å². The van der Waals surface area contributed by atoms with Crippen LogP contribution in [0.4, 0.5) is 5.69 Å². The van der Waals surface area contributed by atoms with Crippen molar-refractivity contribution in [1.82, 2.24) is 10.3 Å². The first-order valence-electron chi connectivity index (χ1n) is 7.26. The van der Waals surface area contributed by atoms with Gasteiger partial charge in [-0.2, -0.15) is 11.8 Å². The number of hydrogen-bond acceptors (Lipinski definition) is 4. The molecule has 1 aromatic rings. The highest BCUT2D eigenvalue weighted by atomic mass is 32.2. The quantitative estimate of drug-likeness (QED) is 0.876. The molecule has 1 aromatic heterocycles. The minimum atomic E-state index is -0.0557. The first kappa shape index (κ1) is 15.2. The molecule has 1 amide bonds. The molecule has 1 aliphatic rings. The van der Waals surface area contributed by atoms with Gasteiger partial charge in [-0.25, -0.2) is 4.98 Å². The summed E-state index contributed by atoms with van der Waals surface area (Å²) in [5.41, 5.74) is 1.45. The smallest absolute Gasteiger partial charge is 0.270 e. The van der Waals surface area contributed by atoms with Gasteiger partial charge in [-0.3, -0.25) is 4.79 Å². The van der Waals surface area contributed by atoms with E-state index in [1.54, 1.807) is 12.3 Å². The van der Waals surface area contributed by atoms with Crippen molar-refractivity contribution >= 4 is 23.4 Å². The lowest BCUT2D eigenvalue weighted by Gasteiger charge is -2.28. The number of thioether (sulfide) groups is 1. The molecule has 4 nitrogen and oxygen atoms in total. The fraction of sp³-hybridized carbons (Fsp3) is 0.600. The molecule has 0 spiro atoms. The Morgan fingerprint density at radius 1 is 1.45 bits per heavy atom. The van der Waals surface area contributed by atoms with Crippen molar-refractivity contribution in [1.29, 1.82) is 0 Å². The second-order valence-corrected chi connectivity index (χ2v) is 6.30. The van der Waals surface area contributed by atoms with Gasteiger partial charge in [0.15, 0.2) is 0 Å². The Bertz CT molecular complexity index is 435. The summed E-state index contributed by atoms with van der Waals surface area (Å²) >= 11 is 1.90. The van der Waals surface area contributed by atoms with Crippen LogP contribution >= 0.6 is 11.8 Å². The molecule has 0 bridgehead atoms. The Balaban J connectivity index is 1.90. The molecule has 0 radical (unpaired) electrons. The van der Waals surface area contributed by atoms with Crippen LogP contribution in [-0.4, -0.2) is 35.0 Å². The van der Waals surface area contributed by atoms with E-state index >= 15 is 0 Å². The Morgan fingerprint density at radius 2 is 2.30 bits per heavy atom. The normalized spacial score (nSPS) is 22.3. The van der Waals surface area contributed by atoms with Gasteiger partial charge in [0.2, 0.25) is 0 Å². The monoisotopic (exact) mass is 293 g/mol. The summed E-state index contributed by atoms with van der Waals surface area (Å²) in [5, 5.41) is 6.97. The summed E-state index contributed by atoms with van der Waals surface area (Å²) in [4.78, 5) is 16.4. The minimum Gasteiger partial charge on any atom is -0.384 e. The molecule has 2 rings (SSSR count). The Labute approximate surface area is 125 Å². The molecule has 20 heavy (non-hydrogen) atoms. The van der Waals surface area contributed by atoms with Crippen LogP contribution in [0.2, 0.25) is 0 Å². The summed E-state index contributed by atoms with van der Waals surface area (Å²) in [7, 11) is 0. The summed E-state index contributed by atoms with van der Waals surface area (Å²) in [6.07, 6.45) is 8.48. The van der Waals surface area contributed by atoms with E-state index in [4.69, 9.17) is 0 Å². The molecular formula is C15H23N3OS. The van der Waals surface area contributed by atoms with Gasteiger partial charge >= 0.3 is 0 Å². The Hall–Kier alpha value is -1.23. The van der Waals surface area contributed by atoms with E-state index in [0.29, 0.717) is 17.0 Å². The van der Waals surface area contributed by atoms with E-state index in [9.17, 15) is 4.79 Å². The third-order valence-electron chi connectivity index (χ3n) is 3.67. The van der Waals surface area contributed by atoms with E-state index in [-0.39, 0.29) is 5.91 Å². The molecule has 5 heteroatoms. The van der Waals surface area contributed by atoms with Crippen molar-refractivity contribution in [2.75, 3.05) is 18.1 Å². The van der Waals surface area contributed by atoms with Gasteiger partial charge in [0.1, 0.15) is 5.69 Å². The van der Waals surface area contributed by atoms with Crippen LogP contribution in [0.15, 0.2) is 18.3 Å². The standard InChI is InChI=1S/C15H23N3OS/c1-3-16-12-7-8-14(17-10-12)15(19)18-11-5-4-6-13(9-11)20-2/h7-8,10-11,13,16H,3-6,9H2,1-2H3,(H,18,19). The molecule has 1 aliphatic carbocycles. The van der Waals surface area contributed by atoms with Crippen LogP contribution in [0.1, 0.15) is 43.1 Å². The number of rotatable bonds is 5. The lowest BCUT2D eigenvalue weighted by molar-refractivity contribution is 0.0923. The highest BCUT2D eigenvalue weighted by Gasteiger charge is 2.23. The van der Waals surface area contributed by atoms with Crippen LogP contribution in [-0.2, 0) is 0 Å². The highest BCUT2D eigenvalue weighted by molar-refractivity contribution is 7.99. The SMILES string of the molecule is CCNc1ccc(C(=O)NC2CCCC(SC)C2)nc1. The molecular weight excluding hydrogens is 270 g/mol.